The van der Waals surface area contributed by atoms with Gasteiger partial charge >= 0.3 is 0 Å². The van der Waals surface area contributed by atoms with Crippen LogP contribution in [0, 0.1) is 12.8 Å². The monoisotopic (exact) mass is 292 g/mol. The largest absolute Gasteiger partial charge is 0.398 e. The van der Waals surface area contributed by atoms with Crippen molar-refractivity contribution in [1.82, 2.24) is 0 Å². The lowest BCUT2D eigenvalue weighted by Gasteiger charge is -2.23. The second kappa shape index (κ2) is 7.43. The van der Waals surface area contributed by atoms with Gasteiger partial charge in [-0.2, -0.15) is 0 Å². The number of ether oxygens (including phenoxy) is 2. The SMILES string of the molecule is Cc1c(N)cccc1NC(=O)C(C)OCC1CCOCC1. The number of anilines is 2. The van der Waals surface area contributed by atoms with Crippen molar-refractivity contribution in [2.45, 2.75) is 32.8 Å². The topological polar surface area (TPSA) is 73.6 Å². The zero-order valence-electron chi connectivity index (χ0n) is 12.7. The number of hydrogen-bond donors (Lipinski definition) is 2. The molecule has 0 radical (unpaired) electrons. The van der Waals surface area contributed by atoms with Gasteiger partial charge in [-0.15, -0.1) is 0 Å². The predicted molar refractivity (Wildman–Crippen MR) is 83.2 cm³/mol. The first-order chi connectivity index (χ1) is 10.1. The third-order valence-electron chi connectivity index (χ3n) is 3.93. The fourth-order valence-electron chi connectivity index (χ4n) is 2.29. The lowest BCUT2D eigenvalue weighted by Crippen LogP contribution is -2.31. The Balaban J connectivity index is 1.83. The molecule has 116 valence electrons. The van der Waals surface area contributed by atoms with Gasteiger partial charge in [0.15, 0.2) is 0 Å². The summed E-state index contributed by atoms with van der Waals surface area (Å²) in [6, 6.07) is 5.48. The van der Waals surface area contributed by atoms with Crippen molar-refractivity contribution < 1.29 is 14.3 Å². The van der Waals surface area contributed by atoms with E-state index >= 15 is 0 Å². The Kier molecular flexibility index (Phi) is 5.59. The van der Waals surface area contributed by atoms with Crippen LogP contribution in [0.15, 0.2) is 18.2 Å². The smallest absolute Gasteiger partial charge is 0.253 e. The molecule has 0 aromatic heterocycles. The molecule has 3 N–H and O–H groups in total. The van der Waals surface area contributed by atoms with Gasteiger partial charge in [-0.3, -0.25) is 4.79 Å². The molecule has 1 unspecified atom stereocenters. The van der Waals surface area contributed by atoms with Crippen LogP contribution in [-0.2, 0) is 14.3 Å². The predicted octanol–water partition coefficient (Wildman–Crippen LogP) is 2.35. The summed E-state index contributed by atoms with van der Waals surface area (Å²) < 4.78 is 11.0. The van der Waals surface area contributed by atoms with Crippen molar-refractivity contribution in [2.75, 3.05) is 30.9 Å². The van der Waals surface area contributed by atoms with Gasteiger partial charge in [0.05, 0.1) is 6.61 Å². The number of carbonyl (C=O) groups excluding carboxylic acids is 1. The van der Waals surface area contributed by atoms with Crippen LogP contribution in [0.5, 0.6) is 0 Å². The highest BCUT2D eigenvalue weighted by Crippen LogP contribution is 2.21. The lowest BCUT2D eigenvalue weighted by atomic mass is 10.0. The number of carbonyl (C=O) groups is 1. The Labute approximate surface area is 125 Å². The number of nitrogens with one attached hydrogen (secondary N) is 1. The van der Waals surface area contributed by atoms with E-state index in [1.165, 1.54) is 0 Å². The van der Waals surface area contributed by atoms with E-state index < -0.39 is 6.10 Å². The summed E-state index contributed by atoms with van der Waals surface area (Å²) in [5.41, 5.74) is 8.12. The zero-order chi connectivity index (χ0) is 15.2. The van der Waals surface area contributed by atoms with E-state index in [0.717, 1.165) is 37.3 Å². The molecule has 1 aliphatic heterocycles. The summed E-state index contributed by atoms with van der Waals surface area (Å²) in [6.07, 6.45) is 1.53. The average molecular weight is 292 g/mol. The van der Waals surface area contributed by atoms with E-state index in [4.69, 9.17) is 15.2 Å². The molecule has 1 fully saturated rings. The molecule has 1 saturated heterocycles. The van der Waals surface area contributed by atoms with Gasteiger partial charge in [0.2, 0.25) is 0 Å². The van der Waals surface area contributed by atoms with Crippen LogP contribution in [0.2, 0.25) is 0 Å². The Hall–Kier alpha value is -1.59. The molecule has 5 nitrogen and oxygen atoms in total. The van der Waals surface area contributed by atoms with Crippen LogP contribution in [-0.4, -0.2) is 31.8 Å². The van der Waals surface area contributed by atoms with E-state index in [1.807, 2.05) is 25.1 Å². The summed E-state index contributed by atoms with van der Waals surface area (Å²) >= 11 is 0. The van der Waals surface area contributed by atoms with E-state index in [0.29, 0.717) is 18.2 Å². The minimum atomic E-state index is -0.478. The molecular weight excluding hydrogens is 268 g/mol. The van der Waals surface area contributed by atoms with Crippen LogP contribution < -0.4 is 11.1 Å². The van der Waals surface area contributed by atoms with Crippen molar-refractivity contribution in [3.05, 3.63) is 23.8 Å². The molecule has 0 spiro atoms. The quantitative estimate of drug-likeness (QED) is 0.817. The van der Waals surface area contributed by atoms with Crippen molar-refractivity contribution in [2.24, 2.45) is 5.92 Å². The molecule has 1 amide bonds. The van der Waals surface area contributed by atoms with Gasteiger partial charge in [-0.25, -0.2) is 0 Å². The first kappa shape index (κ1) is 15.8. The summed E-state index contributed by atoms with van der Waals surface area (Å²) in [5, 5.41) is 2.87. The fourth-order valence-corrected chi connectivity index (χ4v) is 2.29. The normalized spacial score (nSPS) is 17.4. The van der Waals surface area contributed by atoms with Crippen LogP contribution in [0.4, 0.5) is 11.4 Å². The molecule has 1 aromatic rings. The molecule has 2 rings (SSSR count). The summed E-state index contributed by atoms with van der Waals surface area (Å²) in [4.78, 5) is 12.1. The second-order valence-corrected chi connectivity index (χ2v) is 5.54. The minimum Gasteiger partial charge on any atom is -0.398 e. The van der Waals surface area contributed by atoms with E-state index in [9.17, 15) is 4.79 Å². The van der Waals surface area contributed by atoms with Crippen LogP contribution in [0.3, 0.4) is 0 Å². The van der Waals surface area contributed by atoms with E-state index in [2.05, 4.69) is 5.32 Å². The van der Waals surface area contributed by atoms with Crippen molar-refractivity contribution >= 4 is 17.3 Å². The van der Waals surface area contributed by atoms with E-state index in [-0.39, 0.29) is 5.91 Å². The first-order valence-corrected chi connectivity index (χ1v) is 7.43. The highest BCUT2D eigenvalue weighted by atomic mass is 16.5. The first-order valence-electron chi connectivity index (χ1n) is 7.43. The van der Waals surface area contributed by atoms with Gasteiger partial charge in [-0.1, -0.05) is 6.07 Å². The molecule has 1 aliphatic rings. The Morgan fingerprint density at radius 2 is 2.19 bits per heavy atom. The highest BCUT2D eigenvalue weighted by Gasteiger charge is 2.19. The van der Waals surface area contributed by atoms with Crippen molar-refractivity contribution in [3.63, 3.8) is 0 Å². The number of hydrogen-bond acceptors (Lipinski definition) is 4. The van der Waals surface area contributed by atoms with Gasteiger partial charge < -0.3 is 20.5 Å². The fraction of sp³-hybridized carbons (Fsp3) is 0.562. The molecule has 0 saturated carbocycles. The van der Waals surface area contributed by atoms with E-state index in [1.54, 1.807) is 6.92 Å². The number of benzene rings is 1. The van der Waals surface area contributed by atoms with Crippen LogP contribution >= 0.6 is 0 Å². The second-order valence-electron chi connectivity index (χ2n) is 5.54. The number of nitrogen functional groups attached to an aromatic ring is 1. The molecule has 0 aliphatic carbocycles. The molecule has 5 heteroatoms. The Morgan fingerprint density at radius 1 is 1.48 bits per heavy atom. The molecule has 1 aromatic carbocycles. The highest BCUT2D eigenvalue weighted by molar-refractivity contribution is 5.95. The van der Waals surface area contributed by atoms with Gasteiger partial charge in [0.25, 0.3) is 5.91 Å². The van der Waals surface area contributed by atoms with Crippen molar-refractivity contribution in [1.29, 1.82) is 0 Å². The van der Waals surface area contributed by atoms with Crippen LogP contribution in [0.1, 0.15) is 25.3 Å². The molecular formula is C16H24N2O3. The molecule has 1 atom stereocenters. The standard InChI is InChI=1S/C16H24N2O3/c1-11-14(17)4-3-5-15(11)18-16(19)12(2)21-10-13-6-8-20-9-7-13/h3-5,12-13H,6-10,17H2,1-2H3,(H,18,19). The lowest BCUT2D eigenvalue weighted by molar-refractivity contribution is -0.127. The average Bonchev–Trinajstić information content (AvgIpc) is 2.50. The molecule has 1 heterocycles. The number of amides is 1. The maximum Gasteiger partial charge on any atom is 0.253 e. The Morgan fingerprint density at radius 3 is 2.90 bits per heavy atom. The molecule has 0 bridgehead atoms. The van der Waals surface area contributed by atoms with Gasteiger partial charge in [-0.05, 0) is 50.3 Å². The van der Waals surface area contributed by atoms with Crippen LogP contribution in [0.25, 0.3) is 0 Å². The third-order valence-corrected chi connectivity index (χ3v) is 3.93. The summed E-state index contributed by atoms with van der Waals surface area (Å²) in [7, 11) is 0. The zero-order valence-corrected chi connectivity index (χ0v) is 12.7. The maximum atomic E-state index is 12.1. The van der Waals surface area contributed by atoms with Gasteiger partial charge in [0, 0.05) is 24.6 Å². The third kappa shape index (κ3) is 4.44. The van der Waals surface area contributed by atoms with Gasteiger partial charge in [0.1, 0.15) is 6.10 Å². The van der Waals surface area contributed by atoms with Crippen molar-refractivity contribution in [3.8, 4) is 0 Å². The number of rotatable bonds is 5. The molecule has 21 heavy (non-hydrogen) atoms. The minimum absolute atomic E-state index is 0.143. The maximum absolute atomic E-state index is 12.1. The summed E-state index contributed by atoms with van der Waals surface area (Å²) in [5.74, 6) is 0.346. The summed E-state index contributed by atoms with van der Waals surface area (Å²) in [6.45, 7) is 5.84. The Bertz CT molecular complexity index is 484. The number of nitrogens with two attached hydrogens (primary N) is 1.